The van der Waals surface area contributed by atoms with Gasteiger partial charge in [-0.25, -0.2) is 0 Å². The minimum absolute atomic E-state index is 0.385. The Balaban J connectivity index is 2.81. The molecule has 0 fully saturated rings. The molecule has 0 saturated heterocycles. The largest absolute Gasteiger partial charge is 0.383 e. The van der Waals surface area contributed by atoms with Gasteiger partial charge in [-0.15, -0.1) is 0 Å². The number of hydrogen-bond acceptors (Lipinski definition) is 3. The van der Waals surface area contributed by atoms with Crippen molar-refractivity contribution in [1.29, 1.82) is 0 Å². The fourth-order valence-corrected chi connectivity index (χ4v) is 2.60. The van der Waals surface area contributed by atoms with Gasteiger partial charge in [0.2, 0.25) is 0 Å². The van der Waals surface area contributed by atoms with E-state index in [1.54, 1.807) is 7.11 Å². The highest BCUT2D eigenvalue weighted by Crippen LogP contribution is 2.18. The maximum absolute atomic E-state index is 5.20. The van der Waals surface area contributed by atoms with Crippen LogP contribution in [0.2, 0.25) is 0 Å². The molecule has 1 atom stereocenters. The molecule has 0 aromatic heterocycles. The summed E-state index contributed by atoms with van der Waals surface area (Å²) >= 11 is 0. The van der Waals surface area contributed by atoms with Crippen LogP contribution in [0.25, 0.3) is 0 Å². The summed E-state index contributed by atoms with van der Waals surface area (Å²) in [6.45, 7) is 13.6. The fourth-order valence-electron chi connectivity index (χ4n) is 2.60. The van der Waals surface area contributed by atoms with Crippen LogP contribution in [0.1, 0.15) is 36.6 Å². The van der Waals surface area contributed by atoms with E-state index < -0.39 is 0 Å². The third kappa shape index (κ3) is 5.61. The Morgan fingerprint density at radius 2 is 1.80 bits per heavy atom. The van der Waals surface area contributed by atoms with E-state index in [1.165, 1.54) is 16.7 Å². The molecule has 0 bridgehead atoms. The molecule has 1 rings (SSSR count). The van der Waals surface area contributed by atoms with Crippen LogP contribution in [-0.4, -0.2) is 44.8 Å². The zero-order chi connectivity index (χ0) is 15.0. The maximum atomic E-state index is 5.20. The number of aryl methyl sites for hydroxylation is 2. The molecule has 1 aromatic carbocycles. The lowest BCUT2D eigenvalue weighted by atomic mass is 10.0. The van der Waals surface area contributed by atoms with Gasteiger partial charge in [0.15, 0.2) is 0 Å². The molecule has 3 nitrogen and oxygen atoms in total. The van der Waals surface area contributed by atoms with Crippen molar-refractivity contribution in [2.24, 2.45) is 0 Å². The van der Waals surface area contributed by atoms with Crippen LogP contribution >= 0.6 is 0 Å². The van der Waals surface area contributed by atoms with Crippen molar-refractivity contribution in [3.05, 3.63) is 34.9 Å². The molecule has 0 aliphatic rings. The Bertz CT molecular complexity index is 372. The number of methoxy groups -OCH3 is 1. The van der Waals surface area contributed by atoms with E-state index in [0.29, 0.717) is 6.04 Å². The van der Waals surface area contributed by atoms with Crippen LogP contribution in [0.15, 0.2) is 18.2 Å². The quantitative estimate of drug-likeness (QED) is 0.751. The lowest BCUT2D eigenvalue weighted by Gasteiger charge is -2.27. The molecule has 114 valence electrons. The molecule has 0 aliphatic heterocycles. The van der Waals surface area contributed by atoms with Gasteiger partial charge in [0, 0.05) is 26.2 Å². The maximum Gasteiger partial charge on any atom is 0.0589 e. The second-order valence-corrected chi connectivity index (χ2v) is 5.42. The van der Waals surface area contributed by atoms with Crippen LogP contribution in [0.5, 0.6) is 0 Å². The predicted octanol–water partition coefficient (Wildman–Crippen LogP) is 2.92. The molecular formula is C17H30N2O. The van der Waals surface area contributed by atoms with Gasteiger partial charge in [0.25, 0.3) is 0 Å². The van der Waals surface area contributed by atoms with E-state index in [2.05, 4.69) is 56.1 Å². The number of nitrogens with one attached hydrogen (secondary N) is 1. The van der Waals surface area contributed by atoms with Crippen molar-refractivity contribution in [3.8, 4) is 0 Å². The third-order valence-corrected chi connectivity index (χ3v) is 3.60. The molecule has 1 N–H and O–H groups in total. The van der Waals surface area contributed by atoms with Gasteiger partial charge in [-0.05, 0) is 32.5 Å². The zero-order valence-electron chi connectivity index (χ0n) is 13.7. The lowest BCUT2D eigenvalue weighted by molar-refractivity contribution is 0.144. The highest BCUT2D eigenvalue weighted by atomic mass is 16.5. The van der Waals surface area contributed by atoms with Crippen LogP contribution in [0, 0.1) is 13.8 Å². The first-order chi connectivity index (χ1) is 9.60. The third-order valence-electron chi connectivity index (χ3n) is 3.60. The first kappa shape index (κ1) is 17.2. The van der Waals surface area contributed by atoms with E-state index in [-0.39, 0.29) is 0 Å². The number of nitrogens with zero attached hydrogens (tertiary/aromatic N) is 1. The van der Waals surface area contributed by atoms with E-state index >= 15 is 0 Å². The molecule has 3 heteroatoms. The first-order valence-electron chi connectivity index (χ1n) is 7.63. The predicted molar refractivity (Wildman–Crippen MR) is 86.3 cm³/mol. The van der Waals surface area contributed by atoms with Gasteiger partial charge in [0.05, 0.1) is 6.61 Å². The summed E-state index contributed by atoms with van der Waals surface area (Å²) in [6, 6.07) is 7.21. The molecule has 0 radical (unpaired) electrons. The first-order valence-corrected chi connectivity index (χ1v) is 7.63. The Hall–Kier alpha value is -0.900. The van der Waals surface area contributed by atoms with Crippen molar-refractivity contribution >= 4 is 0 Å². The van der Waals surface area contributed by atoms with Gasteiger partial charge in [0.1, 0.15) is 0 Å². The summed E-state index contributed by atoms with van der Waals surface area (Å²) in [6.07, 6.45) is 0. The molecule has 0 saturated carbocycles. The van der Waals surface area contributed by atoms with Crippen LogP contribution < -0.4 is 5.32 Å². The lowest BCUT2D eigenvalue weighted by Crippen LogP contribution is -2.37. The molecule has 0 heterocycles. The smallest absolute Gasteiger partial charge is 0.0589 e. The van der Waals surface area contributed by atoms with Crippen molar-refractivity contribution < 1.29 is 4.74 Å². The molecule has 0 amide bonds. The molecule has 1 unspecified atom stereocenters. The molecule has 20 heavy (non-hydrogen) atoms. The summed E-state index contributed by atoms with van der Waals surface area (Å²) < 4.78 is 5.20. The Labute approximate surface area is 124 Å². The van der Waals surface area contributed by atoms with Crippen molar-refractivity contribution in [1.82, 2.24) is 10.2 Å². The van der Waals surface area contributed by atoms with Crippen LogP contribution in [-0.2, 0) is 4.74 Å². The average Bonchev–Trinajstić information content (AvgIpc) is 2.41. The standard InChI is InChI=1S/C17H30N2O/c1-6-18-17(13-19(7-2)8-9-20-5)16-11-14(3)10-15(4)12-16/h10-12,17-18H,6-9,13H2,1-5H3. The number of rotatable bonds is 9. The van der Waals surface area contributed by atoms with Gasteiger partial charge >= 0.3 is 0 Å². The Kier molecular flexibility index (Phi) is 7.82. The van der Waals surface area contributed by atoms with Crippen LogP contribution in [0.4, 0.5) is 0 Å². The summed E-state index contributed by atoms with van der Waals surface area (Å²) in [5.41, 5.74) is 4.06. The second kappa shape index (κ2) is 9.11. The van der Waals surface area contributed by atoms with Gasteiger partial charge < -0.3 is 10.1 Å². The average molecular weight is 278 g/mol. The Morgan fingerprint density at radius 1 is 1.15 bits per heavy atom. The summed E-state index contributed by atoms with van der Waals surface area (Å²) in [4.78, 5) is 2.44. The van der Waals surface area contributed by atoms with Crippen molar-refractivity contribution in [2.45, 2.75) is 33.7 Å². The van der Waals surface area contributed by atoms with Crippen LogP contribution in [0.3, 0.4) is 0 Å². The molecular weight excluding hydrogens is 248 g/mol. The topological polar surface area (TPSA) is 24.5 Å². The van der Waals surface area contributed by atoms with Crippen molar-refractivity contribution in [3.63, 3.8) is 0 Å². The normalized spacial score (nSPS) is 12.9. The highest BCUT2D eigenvalue weighted by Gasteiger charge is 2.15. The van der Waals surface area contributed by atoms with Crippen molar-refractivity contribution in [2.75, 3.05) is 39.9 Å². The number of benzene rings is 1. The minimum Gasteiger partial charge on any atom is -0.383 e. The number of hydrogen-bond donors (Lipinski definition) is 1. The summed E-state index contributed by atoms with van der Waals surface area (Å²) in [5, 5.41) is 3.61. The van der Waals surface area contributed by atoms with E-state index in [4.69, 9.17) is 4.74 Å². The second-order valence-electron chi connectivity index (χ2n) is 5.42. The van der Waals surface area contributed by atoms with Gasteiger partial charge in [-0.3, -0.25) is 4.90 Å². The summed E-state index contributed by atoms with van der Waals surface area (Å²) in [5.74, 6) is 0. The van der Waals surface area contributed by atoms with E-state index in [9.17, 15) is 0 Å². The SMILES string of the molecule is CCNC(CN(CC)CCOC)c1cc(C)cc(C)c1. The Morgan fingerprint density at radius 3 is 2.30 bits per heavy atom. The van der Waals surface area contributed by atoms with Gasteiger partial charge in [-0.1, -0.05) is 43.2 Å². The molecule has 1 aromatic rings. The number of likely N-dealkylation sites (N-methyl/N-ethyl adjacent to an activating group) is 2. The van der Waals surface area contributed by atoms with E-state index in [1.807, 2.05) is 0 Å². The minimum atomic E-state index is 0.385. The van der Waals surface area contributed by atoms with E-state index in [0.717, 1.165) is 32.8 Å². The summed E-state index contributed by atoms with van der Waals surface area (Å²) in [7, 11) is 1.76. The number of ether oxygens (including phenoxy) is 1. The fraction of sp³-hybridized carbons (Fsp3) is 0.647. The van der Waals surface area contributed by atoms with Gasteiger partial charge in [-0.2, -0.15) is 0 Å². The monoisotopic (exact) mass is 278 g/mol. The molecule has 0 aliphatic carbocycles. The zero-order valence-corrected chi connectivity index (χ0v) is 13.7. The molecule has 0 spiro atoms. The highest BCUT2D eigenvalue weighted by molar-refractivity contribution is 5.30.